The van der Waals surface area contributed by atoms with Gasteiger partial charge in [-0.1, -0.05) is 17.3 Å². The molecule has 0 N–H and O–H groups in total. The molecule has 2 aromatic carbocycles. The number of likely N-dealkylation sites (N-methyl/N-ethyl adjacent to an activating group) is 1. The average molecular weight is 436 g/mol. The van der Waals surface area contributed by atoms with Gasteiger partial charge >= 0.3 is 0 Å². The summed E-state index contributed by atoms with van der Waals surface area (Å²) < 4.78 is 18.7. The molecule has 0 amide bonds. The third-order valence-electron chi connectivity index (χ3n) is 7.04. The number of hydrogen-bond acceptors (Lipinski definition) is 5. The van der Waals surface area contributed by atoms with Crippen LogP contribution in [0.25, 0.3) is 11.0 Å². The van der Waals surface area contributed by atoms with Crippen molar-refractivity contribution in [1.29, 1.82) is 0 Å². The Morgan fingerprint density at radius 3 is 2.84 bits per heavy atom. The highest BCUT2D eigenvalue weighted by atomic mass is 19.1. The molecule has 0 bridgehead atoms. The van der Waals surface area contributed by atoms with Crippen LogP contribution in [0.2, 0.25) is 0 Å². The molecule has 0 radical (unpaired) electrons. The monoisotopic (exact) mass is 435 g/mol. The Morgan fingerprint density at radius 2 is 2.00 bits per heavy atom. The van der Waals surface area contributed by atoms with Gasteiger partial charge in [0.15, 0.2) is 5.58 Å². The Morgan fingerprint density at radius 1 is 1.16 bits per heavy atom. The number of hydrogen-bond donors (Lipinski definition) is 0. The van der Waals surface area contributed by atoms with E-state index < -0.39 is 0 Å². The summed E-state index contributed by atoms with van der Waals surface area (Å²) in [6.45, 7) is 4.01. The number of carbonyl (C=O) groups is 1. The summed E-state index contributed by atoms with van der Waals surface area (Å²) in [6.07, 6.45) is 5.18. The number of likely N-dealkylation sites (tertiary alicyclic amines) is 1. The molecule has 3 heterocycles. The van der Waals surface area contributed by atoms with Crippen molar-refractivity contribution >= 4 is 22.4 Å². The van der Waals surface area contributed by atoms with E-state index in [1.54, 1.807) is 6.07 Å². The van der Waals surface area contributed by atoms with Gasteiger partial charge in [-0.25, -0.2) is 4.39 Å². The number of Topliss-reactive ketones (excluding diaryl/α,β-unsaturated/α-hetero) is 1. The van der Waals surface area contributed by atoms with E-state index >= 15 is 0 Å². The quantitative estimate of drug-likeness (QED) is 0.537. The van der Waals surface area contributed by atoms with Crippen LogP contribution in [0, 0.1) is 5.82 Å². The summed E-state index contributed by atoms with van der Waals surface area (Å²) in [4.78, 5) is 17.2. The number of benzene rings is 2. The fourth-order valence-electron chi connectivity index (χ4n) is 5.20. The minimum absolute atomic E-state index is 0.298. The van der Waals surface area contributed by atoms with Gasteiger partial charge in [-0.3, -0.25) is 4.79 Å². The standard InChI is InChI=1S/C26H30FN3O2/c1-29-12-8-20-15-18(4-7-24(20)29)16-22(31)3-2-11-30-13-9-19(10-14-30)26-23-6-5-21(27)17-25(23)32-28-26/h4-7,15,17,19H,2-3,8-14,16H2,1H3. The molecule has 1 fully saturated rings. The normalized spacial score (nSPS) is 17.2. The Labute approximate surface area is 188 Å². The zero-order valence-electron chi connectivity index (χ0n) is 18.6. The predicted octanol–water partition coefficient (Wildman–Crippen LogP) is 4.73. The van der Waals surface area contributed by atoms with Gasteiger partial charge in [0, 0.05) is 49.5 Å². The lowest BCUT2D eigenvalue weighted by Gasteiger charge is -2.31. The van der Waals surface area contributed by atoms with Gasteiger partial charge < -0.3 is 14.3 Å². The zero-order chi connectivity index (χ0) is 22.1. The first-order valence-electron chi connectivity index (χ1n) is 11.7. The van der Waals surface area contributed by atoms with E-state index in [4.69, 9.17) is 4.52 Å². The lowest BCUT2D eigenvalue weighted by molar-refractivity contribution is -0.118. The first-order valence-corrected chi connectivity index (χ1v) is 11.7. The van der Waals surface area contributed by atoms with Gasteiger partial charge in [0.05, 0.1) is 5.69 Å². The summed E-state index contributed by atoms with van der Waals surface area (Å²) in [7, 11) is 2.12. The second-order valence-electron chi connectivity index (χ2n) is 9.28. The summed E-state index contributed by atoms with van der Waals surface area (Å²) in [5.41, 5.74) is 5.29. The molecule has 0 aliphatic carbocycles. The van der Waals surface area contributed by atoms with Crippen molar-refractivity contribution in [3.8, 4) is 0 Å². The van der Waals surface area contributed by atoms with Gasteiger partial charge in [0.2, 0.25) is 0 Å². The van der Waals surface area contributed by atoms with E-state index in [2.05, 4.69) is 40.2 Å². The third-order valence-corrected chi connectivity index (χ3v) is 7.04. The second kappa shape index (κ2) is 9.02. The Bertz CT molecular complexity index is 1120. The molecule has 2 aliphatic rings. The topological polar surface area (TPSA) is 49.6 Å². The van der Waals surface area contributed by atoms with E-state index in [1.165, 1.54) is 23.4 Å². The minimum atomic E-state index is -0.298. The molecule has 0 unspecified atom stereocenters. The molecule has 0 spiro atoms. The van der Waals surface area contributed by atoms with Gasteiger partial charge in [-0.05, 0) is 74.6 Å². The number of rotatable bonds is 7. The molecule has 5 nitrogen and oxygen atoms in total. The lowest BCUT2D eigenvalue weighted by atomic mass is 9.91. The molecule has 5 rings (SSSR count). The molecule has 32 heavy (non-hydrogen) atoms. The molecule has 3 aromatic rings. The third kappa shape index (κ3) is 4.42. The molecule has 2 aliphatic heterocycles. The summed E-state index contributed by atoms with van der Waals surface area (Å²) in [6, 6.07) is 11.1. The predicted molar refractivity (Wildman–Crippen MR) is 124 cm³/mol. The lowest BCUT2D eigenvalue weighted by Crippen LogP contribution is -2.34. The zero-order valence-corrected chi connectivity index (χ0v) is 18.6. The fraction of sp³-hybridized carbons (Fsp3) is 0.462. The number of piperidine rings is 1. The highest BCUT2D eigenvalue weighted by Gasteiger charge is 2.25. The molecular formula is C26H30FN3O2. The molecular weight excluding hydrogens is 405 g/mol. The van der Waals surface area contributed by atoms with Crippen molar-refractivity contribution in [2.75, 3.05) is 38.1 Å². The van der Waals surface area contributed by atoms with E-state index in [0.29, 0.717) is 30.1 Å². The van der Waals surface area contributed by atoms with Crippen molar-refractivity contribution in [3.05, 3.63) is 59.0 Å². The first kappa shape index (κ1) is 21.1. The van der Waals surface area contributed by atoms with Gasteiger partial charge in [0.25, 0.3) is 0 Å². The van der Waals surface area contributed by atoms with Crippen LogP contribution in [-0.4, -0.2) is 49.1 Å². The van der Waals surface area contributed by atoms with Gasteiger partial charge in [-0.2, -0.15) is 0 Å². The number of aromatic nitrogens is 1. The number of carbonyl (C=O) groups excluding carboxylic acids is 1. The maximum absolute atomic E-state index is 13.4. The Balaban J connectivity index is 1.07. The number of anilines is 1. The molecule has 0 saturated carbocycles. The number of nitrogens with zero attached hydrogens (tertiary/aromatic N) is 3. The molecule has 0 atom stereocenters. The Kier molecular flexibility index (Phi) is 5.96. The highest BCUT2D eigenvalue weighted by Crippen LogP contribution is 2.33. The first-order chi connectivity index (χ1) is 15.6. The van der Waals surface area contributed by atoms with Crippen LogP contribution in [0.4, 0.5) is 10.1 Å². The van der Waals surface area contributed by atoms with Crippen LogP contribution >= 0.6 is 0 Å². The van der Waals surface area contributed by atoms with Crippen molar-refractivity contribution < 1.29 is 13.7 Å². The van der Waals surface area contributed by atoms with Crippen LogP contribution < -0.4 is 4.90 Å². The van der Waals surface area contributed by atoms with Gasteiger partial charge in [0.1, 0.15) is 11.6 Å². The van der Waals surface area contributed by atoms with Crippen LogP contribution in [-0.2, 0) is 17.6 Å². The average Bonchev–Trinajstić information content (AvgIpc) is 3.37. The van der Waals surface area contributed by atoms with Crippen LogP contribution in [0.3, 0.4) is 0 Å². The minimum Gasteiger partial charge on any atom is -0.374 e. The Hall–Kier alpha value is -2.73. The van der Waals surface area contributed by atoms with E-state index in [0.717, 1.165) is 68.5 Å². The van der Waals surface area contributed by atoms with Crippen molar-refractivity contribution in [2.45, 2.75) is 44.4 Å². The SMILES string of the molecule is CN1CCc2cc(CC(=O)CCCN3CCC(c4noc5cc(F)ccc45)CC3)ccc21. The molecule has 1 saturated heterocycles. The summed E-state index contributed by atoms with van der Waals surface area (Å²) in [5.74, 6) is 0.374. The molecule has 168 valence electrons. The van der Waals surface area contributed by atoms with Crippen molar-refractivity contribution in [3.63, 3.8) is 0 Å². The maximum Gasteiger partial charge on any atom is 0.170 e. The largest absolute Gasteiger partial charge is 0.374 e. The molecule has 1 aromatic heterocycles. The summed E-state index contributed by atoms with van der Waals surface area (Å²) in [5, 5.41) is 5.15. The van der Waals surface area contributed by atoms with Crippen molar-refractivity contribution in [2.24, 2.45) is 0 Å². The maximum atomic E-state index is 13.4. The smallest absolute Gasteiger partial charge is 0.170 e. The second-order valence-corrected chi connectivity index (χ2v) is 9.28. The van der Waals surface area contributed by atoms with Crippen molar-refractivity contribution in [1.82, 2.24) is 10.1 Å². The number of halogens is 1. The summed E-state index contributed by atoms with van der Waals surface area (Å²) >= 11 is 0. The van der Waals surface area contributed by atoms with Crippen LogP contribution in [0.5, 0.6) is 0 Å². The number of ketones is 1. The van der Waals surface area contributed by atoms with Crippen LogP contribution in [0.15, 0.2) is 40.9 Å². The highest BCUT2D eigenvalue weighted by molar-refractivity contribution is 5.81. The van der Waals surface area contributed by atoms with E-state index in [1.807, 2.05) is 0 Å². The van der Waals surface area contributed by atoms with Crippen LogP contribution in [0.1, 0.15) is 48.4 Å². The molecule has 6 heteroatoms. The van der Waals surface area contributed by atoms with Gasteiger partial charge in [-0.15, -0.1) is 0 Å². The van der Waals surface area contributed by atoms with E-state index in [9.17, 15) is 9.18 Å². The number of fused-ring (bicyclic) bond motifs is 2. The van der Waals surface area contributed by atoms with E-state index in [-0.39, 0.29) is 5.82 Å². The fourth-order valence-corrected chi connectivity index (χ4v) is 5.20.